The summed E-state index contributed by atoms with van der Waals surface area (Å²) in [6, 6.07) is 4.84. The van der Waals surface area contributed by atoms with Gasteiger partial charge >= 0.3 is 6.09 Å². The zero-order valence-electron chi connectivity index (χ0n) is 14.3. The van der Waals surface area contributed by atoms with Gasteiger partial charge in [0.05, 0.1) is 24.5 Å². The molecule has 0 spiro atoms. The molecule has 1 aromatic carbocycles. The Labute approximate surface area is 146 Å². The summed E-state index contributed by atoms with van der Waals surface area (Å²) in [4.78, 5) is 18.0. The van der Waals surface area contributed by atoms with Crippen LogP contribution in [0.4, 0.5) is 20.6 Å². The van der Waals surface area contributed by atoms with Crippen molar-refractivity contribution >= 4 is 17.5 Å². The van der Waals surface area contributed by atoms with Crippen LogP contribution in [0.5, 0.6) is 0 Å². The maximum Gasteiger partial charge on any atom is 0.414 e. The largest absolute Gasteiger partial charge is 0.444 e. The summed E-state index contributed by atoms with van der Waals surface area (Å²) in [6.07, 6.45) is 2.28. The lowest BCUT2D eigenvalue weighted by molar-refractivity contribution is 0.145. The molecule has 2 fully saturated rings. The number of ether oxygens (including phenoxy) is 1. The molecular weight excluding hydrogens is 325 g/mol. The molecule has 134 valence electrons. The standard InChI is InChI=1S/C17H22FN5O2/c1-2-12-5-7-22(8-6-12)16-4-3-13(9-15(16)18)23-11-14(10-20-21-19)25-17(23)24/h3-4,9,12,14H,2,5-8,10-11H2,1H3/t14-/m0/s1. The van der Waals surface area contributed by atoms with E-state index in [9.17, 15) is 9.18 Å². The number of anilines is 2. The van der Waals surface area contributed by atoms with E-state index in [4.69, 9.17) is 10.3 Å². The first-order chi connectivity index (χ1) is 12.1. The zero-order valence-corrected chi connectivity index (χ0v) is 14.3. The van der Waals surface area contributed by atoms with Gasteiger partial charge in [0.15, 0.2) is 0 Å². The predicted octanol–water partition coefficient (Wildman–Crippen LogP) is 4.09. The van der Waals surface area contributed by atoms with E-state index in [1.165, 1.54) is 17.4 Å². The van der Waals surface area contributed by atoms with Crippen LogP contribution in [0.1, 0.15) is 26.2 Å². The molecule has 1 amide bonds. The highest BCUT2D eigenvalue weighted by molar-refractivity contribution is 5.90. The fourth-order valence-electron chi connectivity index (χ4n) is 3.46. The third-order valence-electron chi connectivity index (χ3n) is 5.00. The molecule has 0 N–H and O–H groups in total. The molecule has 2 heterocycles. The molecule has 2 saturated heterocycles. The van der Waals surface area contributed by atoms with Crippen molar-refractivity contribution in [2.45, 2.75) is 32.3 Å². The topological polar surface area (TPSA) is 81.5 Å². The Morgan fingerprint density at radius 2 is 2.16 bits per heavy atom. The summed E-state index contributed by atoms with van der Waals surface area (Å²) in [5, 5.41) is 3.42. The molecule has 7 nitrogen and oxygen atoms in total. The second-order valence-corrected chi connectivity index (χ2v) is 6.50. The molecule has 2 aliphatic rings. The summed E-state index contributed by atoms with van der Waals surface area (Å²) >= 11 is 0. The molecule has 0 saturated carbocycles. The lowest BCUT2D eigenvalue weighted by Crippen LogP contribution is -2.34. The molecule has 0 bridgehead atoms. The molecule has 8 heteroatoms. The number of carbonyl (C=O) groups is 1. The number of cyclic esters (lactones) is 1. The third-order valence-corrected chi connectivity index (χ3v) is 5.00. The van der Waals surface area contributed by atoms with E-state index in [0.29, 0.717) is 11.4 Å². The smallest absolute Gasteiger partial charge is 0.414 e. The first-order valence-electron chi connectivity index (χ1n) is 8.66. The number of amides is 1. The van der Waals surface area contributed by atoms with Gasteiger partial charge in [-0.25, -0.2) is 9.18 Å². The number of halogens is 1. The Hall–Kier alpha value is -2.47. The van der Waals surface area contributed by atoms with Crippen molar-refractivity contribution in [3.63, 3.8) is 0 Å². The molecule has 3 rings (SSSR count). The SMILES string of the molecule is CCC1CCN(c2ccc(N3C[C@H](CN=[N+]=[N-])OC3=O)cc2F)CC1. The van der Waals surface area contributed by atoms with Gasteiger partial charge in [0, 0.05) is 18.0 Å². The number of benzene rings is 1. The number of hydrogen-bond donors (Lipinski definition) is 0. The van der Waals surface area contributed by atoms with E-state index in [-0.39, 0.29) is 18.9 Å². The van der Waals surface area contributed by atoms with Gasteiger partial charge in [-0.3, -0.25) is 4.90 Å². The van der Waals surface area contributed by atoms with Crippen LogP contribution in [-0.2, 0) is 4.74 Å². The summed E-state index contributed by atoms with van der Waals surface area (Å²) in [5.74, 6) is 0.393. The monoisotopic (exact) mass is 347 g/mol. The number of azide groups is 1. The Kier molecular flexibility index (Phi) is 5.28. The van der Waals surface area contributed by atoms with Crippen molar-refractivity contribution in [2.75, 3.05) is 36.0 Å². The lowest BCUT2D eigenvalue weighted by Gasteiger charge is -2.33. The van der Waals surface area contributed by atoms with Crippen molar-refractivity contribution in [3.05, 3.63) is 34.5 Å². The molecule has 0 radical (unpaired) electrons. The van der Waals surface area contributed by atoms with Gasteiger partial charge in [-0.15, -0.1) is 0 Å². The van der Waals surface area contributed by atoms with E-state index >= 15 is 0 Å². The van der Waals surface area contributed by atoms with E-state index < -0.39 is 12.2 Å². The maximum absolute atomic E-state index is 14.6. The van der Waals surface area contributed by atoms with Crippen molar-refractivity contribution in [3.8, 4) is 0 Å². The van der Waals surface area contributed by atoms with Crippen LogP contribution in [0.2, 0.25) is 0 Å². The first kappa shape index (κ1) is 17.4. The van der Waals surface area contributed by atoms with Crippen molar-refractivity contribution < 1.29 is 13.9 Å². The van der Waals surface area contributed by atoms with Crippen LogP contribution < -0.4 is 9.80 Å². The lowest BCUT2D eigenvalue weighted by atomic mass is 9.94. The minimum absolute atomic E-state index is 0.0751. The number of rotatable bonds is 5. The van der Waals surface area contributed by atoms with E-state index in [1.807, 2.05) is 0 Å². The van der Waals surface area contributed by atoms with Crippen LogP contribution >= 0.6 is 0 Å². The van der Waals surface area contributed by atoms with Crippen molar-refractivity contribution in [1.29, 1.82) is 0 Å². The predicted molar refractivity (Wildman–Crippen MR) is 93.3 cm³/mol. The molecule has 0 aromatic heterocycles. The average molecular weight is 347 g/mol. The summed E-state index contributed by atoms with van der Waals surface area (Å²) in [7, 11) is 0. The van der Waals surface area contributed by atoms with E-state index in [0.717, 1.165) is 31.8 Å². The Morgan fingerprint density at radius 1 is 1.40 bits per heavy atom. The quantitative estimate of drug-likeness (QED) is 0.457. The number of hydrogen-bond acceptors (Lipinski definition) is 4. The average Bonchev–Trinajstić information content (AvgIpc) is 3.00. The van der Waals surface area contributed by atoms with Gasteiger partial charge in [0.1, 0.15) is 11.9 Å². The van der Waals surface area contributed by atoms with Crippen LogP contribution in [0, 0.1) is 11.7 Å². The fourth-order valence-corrected chi connectivity index (χ4v) is 3.46. The fraction of sp³-hybridized carbons (Fsp3) is 0.588. The molecule has 0 aliphatic carbocycles. The van der Waals surface area contributed by atoms with Crippen molar-refractivity contribution in [1.82, 2.24) is 0 Å². The number of nitrogens with zero attached hydrogens (tertiary/aromatic N) is 5. The summed E-state index contributed by atoms with van der Waals surface area (Å²) in [6.45, 7) is 4.23. The van der Waals surface area contributed by atoms with Crippen LogP contribution in [-0.4, -0.2) is 38.4 Å². The van der Waals surface area contributed by atoms with Gasteiger partial charge in [0.25, 0.3) is 0 Å². The Bertz CT molecular complexity index is 684. The molecule has 1 aromatic rings. The molecule has 1 atom stereocenters. The minimum atomic E-state index is -0.547. The molecule has 2 aliphatic heterocycles. The first-order valence-corrected chi connectivity index (χ1v) is 8.66. The summed E-state index contributed by atoms with van der Waals surface area (Å²) in [5.41, 5.74) is 9.39. The maximum atomic E-state index is 14.6. The highest BCUT2D eigenvalue weighted by atomic mass is 19.1. The van der Waals surface area contributed by atoms with E-state index in [1.54, 1.807) is 12.1 Å². The molecular formula is C17H22FN5O2. The zero-order chi connectivity index (χ0) is 17.8. The van der Waals surface area contributed by atoms with E-state index in [2.05, 4.69) is 21.8 Å². The highest BCUT2D eigenvalue weighted by Gasteiger charge is 2.32. The minimum Gasteiger partial charge on any atom is -0.444 e. The third kappa shape index (κ3) is 3.79. The second kappa shape index (κ2) is 7.61. The second-order valence-electron chi connectivity index (χ2n) is 6.50. The Balaban J connectivity index is 1.70. The molecule has 25 heavy (non-hydrogen) atoms. The summed E-state index contributed by atoms with van der Waals surface area (Å²) < 4.78 is 19.7. The van der Waals surface area contributed by atoms with Gasteiger partial charge < -0.3 is 9.64 Å². The normalized spacial score (nSPS) is 21.2. The molecule has 0 unspecified atom stereocenters. The number of piperidine rings is 1. The van der Waals surface area contributed by atoms with Gasteiger partial charge in [0.2, 0.25) is 0 Å². The van der Waals surface area contributed by atoms with Crippen LogP contribution in [0.25, 0.3) is 10.4 Å². The van der Waals surface area contributed by atoms with Gasteiger partial charge in [-0.05, 0) is 42.5 Å². The Morgan fingerprint density at radius 3 is 2.80 bits per heavy atom. The van der Waals surface area contributed by atoms with Crippen LogP contribution in [0.15, 0.2) is 23.3 Å². The van der Waals surface area contributed by atoms with Crippen molar-refractivity contribution in [2.24, 2.45) is 11.0 Å². The highest BCUT2D eigenvalue weighted by Crippen LogP contribution is 2.31. The van der Waals surface area contributed by atoms with Gasteiger partial charge in [-0.1, -0.05) is 18.5 Å². The van der Waals surface area contributed by atoms with Crippen LogP contribution in [0.3, 0.4) is 0 Å². The van der Waals surface area contributed by atoms with Gasteiger partial charge in [-0.2, -0.15) is 0 Å². The number of carbonyl (C=O) groups excluding carboxylic acids is 1.